The van der Waals surface area contributed by atoms with Crippen molar-refractivity contribution in [2.45, 2.75) is 37.8 Å². The van der Waals surface area contributed by atoms with Crippen LogP contribution in [0.3, 0.4) is 0 Å². The van der Waals surface area contributed by atoms with Gasteiger partial charge in [0.25, 0.3) is 0 Å². The van der Waals surface area contributed by atoms with Crippen molar-refractivity contribution >= 4 is 29.8 Å². The monoisotopic (exact) mass is 429 g/mol. The van der Waals surface area contributed by atoms with Crippen molar-refractivity contribution in [3.05, 3.63) is 64.2 Å². The predicted octanol–water partition coefficient (Wildman–Crippen LogP) is 4.77. The smallest absolute Gasteiger partial charge is 0.410 e. The average molecular weight is 430 g/mol. The number of nitrogens with zero attached hydrogens (tertiary/aromatic N) is 1. The molecule has 2 aromatic carbocycles. The second-order valence-electron chi connectivity index (χ2n) is 7.28. The topological polar surface area (TPSA) is 72.9 Å². The molecule has 158 valence electrons. The molecule has 1 aliphatic rings. The Labute approximate surface area is 180 Å². The Morgan fingerprint density at radius 2 is 2.00 bits per heavy atom. The van der Waals surface area contributed by atoms with Crippen LogP contribution in [-0.4, -0.2) is 37.2 Å². The quantitative estimate of drug-likeness (QED) is 0.618. The molecule has 6 nitrogen and oxygen atoms in total. The summed E-state index contributed by atoms with van der Waals surface area (Å²) in [5.74, 6) is 0.400. The van der Waals surface area contributed by atoms with Crippen LogP contribution in [0.25, 0.3) is 0 Å². The van der Waals surface area contributed by atoms with Gasteiger partial charge in [0.1, 0.15) is 17.9 Å². The Hall–Kier alpha value is -2.86. The highest BCUT2D eigenvalue weighted by molar-refractivity contribution is 6.31. The number of aldehydes is 1. The standard InChI is InChI=1S/C23H24ClNO5/c1-25(22(28)30-15-16-10-11-20(29-2)17(13-16)14-26)23(12-6-5-9-21(23)27)18-7-3-4-8-19(18)24/h3-4,7-8,10-11,13-14H,5-6,9,12,15H2,1-2H3. The minimum absolute atomic E-state index is 0.0409. The van der Waals surface area contributed by atoms with E-state index in [1.54, 1.807) is 43.4 Å². The van der Waals surface area contributed by atoms with Gasteiger partial charge in [-0.15, -0.1) is 0 Å². The maximum Gasteiger partial charge on any atom is 0.410 e. The van der Waals surface area contributed by atoms with E-state index in [0.717, 1.165) is 12.8 Å². The minimum Gasteiger partial charge on any atom is -0.496 e. The Morgan fingerprint density at radius 1 is 1.23 bits per heavy atom. The molecule has 0 radical (unpaired) electrons. The summed E-state index contributed by atoms with van der Waals surface area (Å²) in [7, 11) is 3.05. The largest absolute Gasteiger partial charge is 0.496 e. The lowest BCUT2D eigenvalue weighted by atomic mass is 9.74. The lowest BCUT2D eigenvalue weighted by molar-refractivity contribution is -0.133. The summed E-state index contributed by atoms with van der Waals surface area (Å²) < 4.78 is 10.6. The second-order valence-corrected chi connectivity index (χ2v) is 7.69. The number of benzene rings is 2. The van der Waals surface area contributed by atoms with Crippen LogP contribution in [0.1, 0.15) is 47.2 Å². The molecule has 1 amide bonds. The molecule has 1 saturated carbocycles. The van der Waals surface area contributed by atoms with Crippen molar-refractivity contribution in [2.24, 2.45) is 0 Å². The highest BCUT2D eigenvalue weighted by atomic mass is 35.5. The summed E-state index contributed by atoms with van der Waals surface area (Å²) in [5.41, 5.74) is 0.473. The van der Waals surface area contributed by atoms with Crippen LogP contribution in [0.15, 0.2) is 42.5 Å². The maximum absolute atomic E-state index is 13.1. The molecule has 3 rings (SSSR count). The maximum atomic E-state index is 13.1. The summed E-state index contributed by atoms with van der Waals surface area (Å²) in [4.78, 5) is 38.6. The molecule has 0 spiro atoms. The highest BCUT2D eigenvalue weighted by Gasteiger charge is 2.48. The number of halogens is 1. The number of carbonyl (C=O) groups excluding carboxylic acids is 3. The molecule has 1 aliphatic carbocycles. The molecule has 0 aromatic heterocycles. The molecule has 1 fully saturated rings. The number of hydrogen-bond acceptors (Lipinski definition) is 5. The summed E-state index contributed by atoms with van der Waals surface area (Å²) in [5, 5.41) is 0.443. The van der Waals surface area contributed by atoms with Crippen molar-refractivity contribution < 1.29 is 23.9 Å². The van der Waals surface area contributed by atoms with E-state index in [1.165, 1.54) is 12.0 Å². The molecule has 30 heavy (non-hydrogen) atoms. The van der Waals surface area contributed by atoms with Gasteiger partial charge in [0, 0.05) is 24.1 Å². The summed E-state index contributed by atoms with van der Waals surface area (Å²) in [6.07, 6.45) is 2.50. The van der Waals surface area contributed by atoms with E-state index in [4.69, 9.17) is 21.1 Å². The van der Waals surface area contributed by atoms with Crippen molar-refractivity contribution in [3.8, 4) is 5.75 Å². The van der Waals surface area contributed by atoms with Crippen molar-refractivity contribution in [3.63, 3.8) is 0 Å². The van der Waals surface area contributed by atoms with Gasteiger partial charge in [-0.05, 0) is 43.0 Å². The van der Waals surface area contributed by atoms with Crippen LogP contribution < -0.4 is 4.74 Å². The minimum atomic E-state index is -1.15. The van der Waals surface area contributed by atoms with Gasteiger partial charge in [0.05, 0.1) is 12.7 Å². The van der Waals surface area contributed by atoms with Gasteiger partial charge < -0.3 is 9.47 Å². The number of methoxy groups -OCH3 is 1. The molecule has 0 N–H and O–H groups in total. The molecule has 7 heteroatoms. The number of amides is 1. The van der Waals surface area contributed by atoms with E-state index in [-0.39, 0.29) is 12.4 Å². The number of rotatable bonds is 6. The van der Waals surface area contributed by atoms with E-state index in [2.05, 4.69) is 0 Å². The second kappa shape index (κ2) is 9.30. The lowest BCUT2D eigenvalue weighted by Crippen LogP contribution is -2.54. The number of ether oxygens (including phenoxy) is 2. The van der Waals surface area contributed by atoms with Gasteiger partial charge in [-0.25, -0.2) is 4.79 Å². The van der Waals surface area contributed by atoms with Crippen LogP contribution in [0, 0.1) is 0 Å². The fraction of sp³-hybridized carbons (Fsp3) is 0.348. The fourth-order valence-corrected chi connectivity index (χ4v) is 4.29. The van der Waals surface area contributed by atoms with Gasteiger partial charge in [0.15, 0.2) is 12.1 Å². The Balaban J connectivity index is 1.84. The molecule has 0 saturated heterocycles. The van der Waals surface area contributed by atoms with Gasteiger partial charge in [-0.1, -0.05) is 35.9 Å². The Morgan fingerprint density at radius 3 is 2.67 bits per heavy atom. The van der Waals surface area contributed by atoms with E-state index in [1.807, 2.05) is 6.07 Å². The molecule has 1 atom stereocenters. The number of hydrogen-bond donors (Lipinski definition) is 0. The van der Waals surface area contributed by atoms with E-state index < -0.39 is 11.6 Å². The third-order valence-electron chi connectivity index (χ3n) is 5.60. The van der Waals surface area contributed by atoms with Crippen LogP contribution >= 0.6 is 11.6 Å². The Bertz CT molecular complexity index is 960. The number of Topliss-reactive ketones (excluding diaryl/α,β-unsaturated/α-hetero) is 1. The Kier molecular flexibility index (Phi) is 6.77. The van der Waals surface area contributed by atoms with Crippen LogP contribution in [-0.2, 0) is 21.7 Å². The molecular weight excluding hydrogens is 406 g/mol. The van der Waals surface area contributed by atoms with Gasteiger partial charge >= 0.3 is 6.09 Å². The first-order chi connectivity index (χ1) is 14.4. The third kappa shape index (κ3) is 4.05. The number of ketones is 1. The first-order valence-corrected chi connectivity index (χ1v) is 10.1. The SMILES string of the molecule is COc1ccc(COC(=O)N(C)C2(c3ccccc3Cl)CCCCC2=O)cc1C=O. The van der Waals surface area contributed by atoms with Crippen LogP contribution in [0.4, 0.5) is 4.79 Å². The summed E-state index contributed by atoms with van der Waals surface area (Å²) >= 11 is 6.42. The van der Waals surface area contributed by atoms with Crippen LogP contribution in [0.2, 0.25) is 5.02 Å². The molecule has 2 aromatic rings. The normalized spacial score (nSPS) is 18.6. The lowest BCUT2D eigenvalue weighted by Gasteiger charge is -2.43. The molecule has 0 bridgehead atoms. The average Bonchev–Trinajstić information content (AvgIpc) is 2.77. The predicted molar refractivity (Wildman–Crippen MR) is 113 cm³/mol. The zero-order valence-corrected chi connectivity index (χ0v) is 17.8. The fourth-order valence-electron chi connectivity index (χ4n) is 3.99. The van der Waals surface area contributed by atoms with Crippen molar-refractivity contribution in [2.75, 3.05) is 14.2 Å². The molecular formula is C23H24ClNO5. The molecule has 0 heterocycles. The van der Waals surface area contributed by atoms with E-state index in [0.29, 0.717) is 46.6 Å². The van der Waals surface area contributed by atoms with E-state index in [9.17, 15) is 14.4 Å². The van der Waals surface area contributed by atoms with Gasteiger partial charge in [-0.2, -0.15) is 0 Å². The van der Waals surface area contributed by atoms with Gasteiger partial charge in [0.2, 0.25) is 0 Å². The third-order valence-corrected chi connectivity index (χ3v) is 5.93. The van der Waals surface area contributed by atoms with Crippen molar-refractivity contribution in [1.29, 1.82) is 0 Å². The summed E-state index contributed by atoms with van der Waals surface area (Å²) in [6, 6.07) is 12.1. The first kappa shape index (κ1) is 21.8. The highest BCUT2D eigenvalue weighted by Crippen LogP contribution is 2.42. The number of carbonyl (C=O) groups is 3. The zero-order valence-electron chi connectivity index (χ0n) is 17.0. The molecule has 0 aliphatic heterocycles. The molecule has 1 unspecified atom stereocenters. The van der Waals surface area contributed by atoms with Crippen LogP contribution in [0.5, 0.6) is 5.75 Å². The zero-order chi connectivity index (χ0) is 21.7. The van der Waals surface area contributed by atoms with Gasteiger partial charge in [-0.3, -0.25) is 14.5 Å². The van der Waals surface area contributed by atoms with Crippen molar-refractivity contribution in [1.82, 2.24) is 4.90 Å². The number of likely N-dealkylation sites (N-methyl/N-ethyl adjacent to an activating group) is 1. The van der Waals surface area contributed by atoms with E-state index >= 15 is 0 Å². The summed E-state index contributed by atoms with van der Waals surface area (Å²) in [6.45, 7) is -0.0409. The first-order valence-electron chi connectivity index (χ1n) is 9.75.